The number of hydrogen-bond acceptors (Lipinski definition) is 3. The quantitative estimate of drug-likeness (QED) is 0.323. The third-order valence-electron chi connectivity index (χ3n) is 4.86. The van der Waals surface area contributed by atoms with Crippen molar-refractivity contribution in [2.75, 3.05) is 0 Å². The van der Waals surface area contributed by atoms with Crippen LogP contribution in [0.15, 0.2) is 53.2 Å². The molecule has 3 aromatic heterocycles. The number of rotatable bonds is 1. The predicted octanol–water partition coefficient (Wildman–Crippen LogP) is 4.61. The van der Waals surface area contributed by atoms with Crippen molar-refractivity contribution in [3.8, 4) is 11.3 Å². The fourth-order valence-electron chi connectivity index (χ4n) is 3.65. The van der Waals surface area contributed by atoms with E-state index >= 15 is 0 Å². The molecule has 3 heterocycles. The molecule has 0 N–H and O–H groups in total. The maximum absolute atomic E-state index is 14.4. The third-order valence-corrected chi connectivity index (χ3v) is 4.86. The zero-order valence-corrected chi connectivity index (χ0v) is 14.6. The molecule has 0 unspecified atom stereocenters. The Labute approximate surface area is 152 Å². The molecule has 5 aromatic rings. The molecule has 2 aromatic carbocycles. The van der Waals surface area contributed by atoms with E-state index in [2.05, 4.69) is 9.97 Å². The Hall–Kier alpha value is -3.41. The number of hydrogen-bond donors (Lipinski definition) is 0. The SMILES string of the molecule is Cc1ccc2c(oc3nc(F)cc(F)c32)c1-c1c2ccccc2nc[n+]1C. The summed E-state index contributed by atoms with van der Waals surface area (Å²) in [7, 11) is 1.90. The molecule has 5 rings (SSSR count). The first-order valence-corrected chi connectivity index (χ1v) is 8.46. The lowest BCUT2D eigenvalue weighted by molar-refractivity contribution is -0.662. The molecule has 0 saturated heterocycles. The number of fused-ring (bicyclic) bond motifs is 4. The van der Waals surface area contributed by atoms with Gasteiger partial charge in [0.2, 0.25) is 11.7 Å². The summed E-state index contributed by atoms with van der Waals surface area (Å²) >= 11 is 0. The number of nitrogens with zero attached hydrogens (tertiary/aromatic N) is 3. The van der Waals surface area contributed by atoms with Crippen LogP contribution in [-0.4, -0.2) is 9.97 Å². The smallest absolute Gasteiger partial charge is 0.287 e. The van der Waals surface area contributed by atoms with Gasteiger partial charge in [0.25, 0.3) is 6.33 Å². The van der Waals surface area contributed by atoms with Crippen LogP contribution in [0.1, 0.15) is 5.56 Å². The molecule has 0 saturated carbocycles. The van der Waals surface area contributed by atoms with Gasteiger partial charge >= 0.3 is 0 Å². The number of pyridine rings is 1. The van der Waals surface area contributed by atoms with E-state index in [0.717, 1.165) is 33.8 Å². The Kier molecular flexibility index (Phi) is 3.25. The molecule has 0 aliphatic heterocycles. The van der Waals surface area contributed by atoms with E-state index in [0.29, 0.717) is 11.0 Å². The second-order valence-corrected chi connectivity index (χ2v) is 6.56. The number of aromatic nitrogens is 3. The van der Waals surface area contributed by atoms with Crippen molar-refractivity contribution in [1.82, 2.24) is 9.97 Å². The van der Waals surface area contributed by atoms with Crippen LogP contribution in [0.3, 0.4) is 0 Å². The van der Waals surface area contributed by atoms with E-state index in [1.807, 2.05) is 48.9 Å². The number of halogens is 2. The molecule has 0 bridgehead atoms. The third kappa shape index (κ3) is 2.23. The van der Waals surface area contributed by atoms with Gasteiger partial charge in [0.15, 0.2) is 5.52 Å². The molecule has 0 atom stereocenters. The minimum absolute atomic E-state index is 0.0460. The molecule has 0 aliphatic carbocycles. The standard InChI is InChI=1S/C21H14F2N3O/c1-11-7-8-13-18-14(22)9-16(23)25-21(18)27-20(13)17(11)19-12-5-3-4-6-15(12)24-10-26(19)2/h3-10H,1-2H3/q+1. The minimum Gasteiger partial charge on any atom is -0.437 e. The summed E-state index contributed by atoms with van der Waals surface area (Å²) in [6, 6.07) is 12.3. The Bertz CT molecular complexity index is 1380. The normalized spacial score (nSPS) is 11.7. The highest BCUT2D eigenvalue weighted by Crippen LogP contribution is 2.38. The molecule has 0 aliphatic rings. The Morgan fingerprint density at radius 2 is 1.85 bits per heavy atom. The summed E-state index contributed by atoms with van der Waals surface area (Å²) in [5.41, 5.74) is 3.93. The highest BCUT2D eigenvalue weighted by molar-refractivity contribution is 6.10. The molecule has 132 valence electrons. The van der Waals surface area contributed by atoms with E-state index in [-0.39, 0.29) is 11.1 Å². The van der Waals surface area contributed by atoms with Crippen molar-refractivity contribution in [3.63, 3.8) is 0 Å². The lowest BCUT2D eigenvalue weighted by atomic mass is 9.98. The number of furan rings is 1. The molecule has 0 spiro atoms. The van der Waals surface area contributed by atoms with Gasteiger partial charge in [-0.1, -0.05) is 24.3 Å². The molecule has 27 heavy (non-hydrogen) atoms. The monoisotopic (exact) mass is 362 g/mol. The average Bonchev–Trinajstić information content (AvgIpc) is 3.01. The lowest BCUT2D eigenvalue weighted by Crippen LogP contribution is -2.31. The lowest BCUT2D eigenvalue weighted by Gasteiger charge is -2.09. The van der Waals surface area contributed by atoms with Gasteiger partial charge in [-0.2, -0.15) is 9.37 Å². The highest BCUT2D eigenvalue weighted by atomic mass is 19.1. The Morgan fingerprint density at radius 1 is 1.04 bits per heavy atom. The van der Waals surface area contributed by atoms with E-state index in [4.69, 9.17) is 4.42 Å². The second-order valence-electron chi connectivity index (χ2n) is 6.56. The van der Waals surface area contributed by atoms with Crippen molar-refractivity contribution < 1.29 is 17.8 Å². The van der Waals surface area contributed by atoms with Gasteiger partial charge < -0.3 is 4.42 Å². The molecule has 0 fully saturated rings. The Morgan fingerprint density at radius 3 is 2.70 bits per heavy atom. The molecule has 4 nitrogen and oxygen atoms in total. The number of para-hydroxylation sites is 1. The number of benzene rings is 2. The Balaban J connectivity index is 1.99. The average molecular weight is 362 g/mol. The maximum Gasteiger partial charge on any atom is 0.287 e. The topological polar surface area (TPSA) is 42.8 Å². The van der Waals surface area contributed by atoms with Gasteiger partial charge in [0.05, 0.1) is 23.4 Å². The van der Waals surface area contributed by atoms with Crippen molar-refractivity contribution in [1.29, 1.82) is 0 Å². The van der Waals surface area contributed by atoms with Gasteiger partial charge in [0, 0.05) is 11.5 Å². The summed E-state index contributed by atoms with van der Waals surface area (Å²) in [5.74, 6) is -1.59. The summed E-state index contributed by atoms with van der Waals surface area (Å²) in [6.45, 7) is 1.96. The molecular formula is C21H14F2N3O+. The van der Waals surface area contributed by atoms with Crippen molar-refractivity contribution in [3.05, 3.63) is 66.1 Å². The van der Waals surface area contributed by atoms with E-state index in [1.165, 1.54) is 0 Å². The van der Waals surface area contributed by atoms with E-state index in [9.17, 15) is 8.78 Å². The maximum atomic E-state index is 14.4. The molecule has 0 amide bonds. The summed E-state index contributed by atoms with van der Waals surface area (Å²) in [6.07, 6.45) is 1.73. The first-order chi connectivity index (χ1) is 13.0. The predicted molar refractivity (Wildman–Crippen MR) is 98.1 cm³/mol. The minimum atomic E-state index is -0.905. The van der Waals surface area contributed by atoms with Crippen LogP contribution in [0.5, 0.6) is 0 Å². The second kappa shape index (κ2) is 5.54. The van der Waals surface area contributed by atoms with Crippen LogP contribution in [-0.2, 0) is 7.05 Å². The van der Waals surface area contributed by atoms with E-state index in [1.54, 1.807) is 12.4 Å². The van der Waals surface area contributed by atoms with Crippen LogP contribution >= 0.6 is 0 Å². The summed E-state index contributed by atoms with van der Waals surface area (Å²) in [5, 5.41) is 1.70. The van der Waals surface area contributed by atoms with Crippen molar-refractivity contribution in [2.45, 2.75) is 6.92 Å². The van der Waals surface area contributed by atoms with Gasteiger partial charge in [-0.25, -0.2) is 8.96 Å². The van der Waals surface area contributed by atoms with Crippen LogP contribution in [0, 0.1) is 18.7 Å². The molecule has 6 heteroatoms. The first kappa shape index (κ1) is 15.8. The van der Waals surface area contributed by atoms with Gasteiger partial charge in [0.1, 0.15) is 17.1 Å². The summed E-state index contributed by atoms with van der Waals surface area (Å²) in [4.78, 5) is 8.19. The largest absolute Gasteiger partial charge is 0.437 e. The first-order valence-electron chi connectivity index (χ1n) is 8.46. The number of aryl methyl sites for hydroxylation is 2. The fraction of sp³-hybridized carbons (Fsp3) is 0.0952. The van der Waals surface area contributed by atoms with Crippen LogP contribution in [0.25, 0.3) is 44.2 Å². The molecule has 0 radical (unpaired) electrons. The zero-order valence-electron chi connectivity index (χ0n) is 14.6. The zero-order chi connectivity index (χ0) is 18.7. The van der Waals surface area contributed by atoms with Crippen molar-refractivity contribution >= 4 is 33.0 Å². The van der Waals surface area contributed by atoms with Crippen molar-refractivity contribution in [2.24, 2.45) is 7.05 Å². The van der Waals surface area contributed by atoms with Crippen LogP contribution in [0.2, 0.25) is 0 Å². The van der Waals surface area contributed by atoms with Gasteiger partial charge in [-0.15, -0.1) is 0 Å². The van der Waals surface area contributed by atoms with E-state index < -0.39 is 11.8 Å². The highest BCUT2D eigenvalue weighted by Gasteiger charge is 2.24. The fourth-order valence-corrected chi connectivity index (χ4v) is 3.65. The van der Waals surface area contributed by atoms with Crippen LogP contribution in [0.4, 0.5) is 8.78 Å². The summed E-state index contributed by atoms with van der Waals surface area (Å²) < 4.78 is 35.8. The van der Waals surface area contributed by atoms with Gasteiger partial charge in [-0.05, 0) is 29.6 Å². The molecular weight excluding hydrogens is 348 g/mol. The van der Waals surface area contributed by atoms with Crippen LogP contribution < -0.4 is 4.57 Å². The van der Waals surface area contributed by atoms with Gasteiger partial charge in [-0.3, -0.25) is 0 Å².